The second kappa shape index (κ2) is 10.2. The SMILES string of the molecule is C=N/C(=N\C=C(/C)c1ccc(=O)n(Cc2cc(F)c[n+](O)c2)n1)OCC(F)(I)I. The Balaban J connectivity index is 2.24. The van der Waals surface area contributed by atoms with Crippen LogP contribution in [0.3, 0.4) is 0 Å². The Morgan fingerprint density at radius 1 is 1.48 bits per heavy atom. The normalized spacial score (nSPS) is 12.7. The molecule has 0 spiro atoms. The zero-order chi connectivity index (χ0) is 21.6. The number of alkyl halides is 3. The molecule has 2 aromatic rings. The lowest BCUT2D eigenvalue weighted by atomic mass is 10.2. The minimum atomic E-state index is -1.61. The van der Waals surface area contributed by atoms with Crippen molar-refractivity contribution in [3.05, 3.63) is 64.2 Å². The fraction of sp³-hybridized carbons (Fsp3) is 0.235. The lowest BCUT2D eigenvalue weighted by molar-refractivity contribution is -0.905. The van der Waals surface area contributed by atoms with E-state index in [2.05, 4.69) is 21.8 Å². The quantitative estimate of drug-likeness (QED) is 0.133. The van der Waals surface area contributed by atoms with Gasteiger partial charge in [0.1, 0.15) is 6.61 Å². The van der Waals surface area contributed by atoms with E-state index in [1.807, 2.05) is 0 Å². The summed E-state index contributed by atoms with van der Waals surface area (Å²) in [6, 6.07) is 3.88. The molecule has 0 aromatic carbocycles. The van der Waals surface area contributed by atoms with Gasteiger partial charge in [-0.05, 0) is 76.5 Å². The molecule has 0 aliphatic rings. The van der Waals surface area contributed by atoms with E-state index in [0.717, 1.165) is 10.9 Å². The van der Waals surface area contributed by atoms with Gasteiger partial charge in [0.15, 0.2) is 5.82 Å². The number of amidine groups is 1. The summed E-state index contributed by atoms with van der Waals surface area (Å²) in [5.74, 6) is -0.653. The molecule has 0 saturated carbocycles. The fourth-order valence-electron chi connectivity index (χ4n) is 2.11. The van der Waals surface area contributed by atoms with Gasteiger partial charge in [-0.1, -0.05) is 0 Å². The maximum atomic E-state index is 13.5. The topological polar surface area (TPSA) is 93.0 Å². The zero-order valence-corrected chi connectivity index (χ0v) is 19.4. The summed E-state index contributed by atoms with van der Waals surface area (Å²) in [5.41, 5.74) is 0.930. The molecule has 0 bridgehead atoms. The van der Waals surface area contributed by atoms with Gasteiger partial charge in [-0.15, -0.1) is 0 Å². The second-order valence-electron chi connectivity index (χ2n) is 5.74. The third-order valence-corrected chi connectivity index (χ3v) is 3.97. The van der Waals surface area contributed by atoms with Gasteiger partial charge in [-0.25, -0.2) is 23.4 Å². The van der Waals surface area contributed by atoms with Gasteiger partial charge in [0.05, 0.1) is 12.2 Å². The number of nitrogens with zero attached hydrogens (tertiary/aromatic N) is 5. The molecule has 0 aliphatic heterocycles. The monoisotopic (exact) mass is 630 g/mol. The molecule has 0 aliphatic carbocycles. The second-order valence-corrected chi connectivity index (χ2v) is 11.2. The van der Waals surface area contributed by atoms with Crippen LogP contribution < -0.4 is 10.3 Å². The summed E-state index contributed by atoms with van der Waals surface area (Å²) >= 11 is 3.15. The van der Waals surface area contributed by atoms with Crippen LogP contribution in [-0.4, -0.2) is 36.0 Å². The smallest absolute Gasteiger partial charge is 0.315 e. The van der Waals surface area contributed by atoms with Crippen LogP contribution in [0.2, 0.25) is 0 Å². The highest BCUT2D eigenvalue weighted by Gasteiger charge is 2.22. The Morgan fingerprint density at radius 2 is 2.21 bits per heavy atom. The van der Waals surface area contributed by atoms with Crippen molar-refractivity contribution in [3.63, 3.8) is 0 Å². The number of hydrogen-bond acceptors (Lipinski definition) is 5. The van der Waals surface area contributed by atoms with E-state index in [4.69, 9.17) is 4.74 Å². The number of pyridine rings is 1. The van der Waals surface area contributed by atoms with Gasteiger partial charge in [0.25, 0.3) is 11.8 Å². The number of allylic oxidation sites excluding steroid dienone is 1. The molecule has 12 heteroatoms. The highest BCUT2D eigenvalue weighted by atomic mass is 127. The van der Waals surface area contributed by atoms with Crippen LogP contribution in [0.1, 0.15) is 18.2 Å². The summed E-state index contributed by atoms with van der Waals surface area (Å²) in [7, 11) is 0. The van der Waals surface area contributed by atoms with E-state index < -0.39 is 13.1 Å². The third kappa shape index (κ3) is 7.75. The number of ether oxygens (including phenoxy) is 1. The summed E-state index contributed by atoms with van der Waals surface area (Å²) in [6.07, 6.45) is 3.55. The van der Waals surface area contributed by atoms with Crippen molar-refractivity contribution in [2.75, 3.05) is 6.61 Å². The molecule has 2 heterocycles. The van der Waals surface area contributed by atoms with Crippen LogP contribution in [0.4, 0.5) is 8.78 Å². The Labute approximate surface area is 191 Å². The molecule has 0 atom stereocenters. The maximum Gasteiger partial charge on any atom is 0.315 e. The van der Waals surface area contributed by atoms with Gasteiger partial charge in [0, 0.05) is 22.6 Å². The molecule has 0 amide bonds. The molecule has 0 radical (unpaired) electrons. The molecule has 2 aromatic heterocycles. The highest BCUT2D eigenvalue weighted by Crippen LogP contribution is 2.29. The zero-order valence-electron chi connectivity index (χ0n) is 15.1. The number of aliphatic imine (C=N–C) groups is 2. The van der Waals surface area contributed by atoms with Gasteiger partial charge < -0.3 is 4.74 Å². The van der Waals surface area contributed by atoms with Gasteiger partial charge in [-0.2, -0.15) is 5.10 Å². The van der Waals surface area contributed by atoms with E-state index >= 15 is 0 Å². The van der Waals surface area contributed by atoms with Crippen LogP contribution in [0.5, 0.6) is 0 Å². The first-order chi connectivity index (χ1) is 13.6. The number of rotatable bonds is 6. The van der Waals surface area contributed by atoms with Crippen molar-refractivity contribution in [1.82, 2.24) is 9.78 Å². The van der Waals surface area contributed by atoms with Gasteiger partial charge in [-0.3, -0.25) is 10.0 Å². The first kappa shape index (κ1) is 23.3. The first-order valence-corrected chi connectivity index (χ1v) is 10.1. The Hall–Kier alpha value is -1.97. The Morgan fingerprint density at radius 3 is 2.83 bits per heavy atom. The molecule has 8 nitrogen and oxygen atoms in total. The molecule has 0 saturated heterocycles. The van der Waals surface area contributed by atoms with Crippen molar-refractivity contribution in [3.8, 4) is 0 Å². The largest absolute Gasteiger partial charge is 0.458 e. The maximum absolute atomic E-state index is 13.5. The molecule has 1 N–H and O–H groups in total. The highest BCUT2D eigenvalue weighted by molar-refractivity contribution is 14.2. The van der Waals surface area contributed by atoms with Gasteiger partial charge in [0.2, 0.25) is 7.88 Å². The molecule has 0 fully saturated rings. The minimum absolute atomic E-state index is 0.0476. The van der Waals surface area contributed by atoms with Crippen molar-refractivity contribution in [2.24, 2.45) is 9.98 Å². The average Bonchev–Trinajstić information content (AvgIpc) is 2.61. The Kier molecular flexibility index (Phi) is 8.18. The lowest BCUT2D eigenvalue weighted by Crippen LogP contribution is -2.31. The average molecular weight is 630 g/mol. The van der Waals surface area contributed by atoms with Crippen molar-refractivity contribution in [1.29, 1.82) is 0 Å². The number of hydrogen-bond donors (Lipinski definition) is 1. The number of aromatic nitrogens is 3. The summed E-state index contributed by atoms with van der Waals surface area (Å²) in [4.78, 5) is 19.7. The Bertz CT molecular complexity index is 999. The van der Waals surface area contributed by atoms with Crippen LogP contribution in [-0.2, 0) is 11.3 Å². The predicted octanol–water partition coefficient (Wildman–Crippen LogP) is 2.88. The first-order valence-electron chi connectivity index (χ1n) is 7.97. The molecular weight excluding hydrogens is 614 g/mol. The molecule has 154 valence electrons. The van der Waals surface area contributed by atoms with Gasteiger partial charge >= 0.3 is 6.02 Å². The summed E-state index contributed by atoms with van der Waals surface area (Å²) in [5, 5.41) is 13.6. The molecule has 0 unspecified atom stereocenters. The van der Waals surface area contributed by atoms with E-state index in [1.165, 1.54) is 30.6 Å². The van der Waals surface area contributed by atoms with E-state index in [-0.39, 0.29) is 19.2 Å². The standard InChI is InChI=1S/C17H16F2I2N5O3/c1-11(6-23-16(22-2)29-10-17(19,20)21)14-3-4-15(27)26(24-14)8-12-5-13(18)9-25(28)7-12/h3-7,9,28H,2,8,10H2,1H3/q+1/b11-6+,23-16+. The van der Waals surface area contributed by atoms with Crippen LogP contribution >= 0.6 is 45.2 Å². The van der Waals surface area contributed by atoms with Crippen LogP contribution in [0.25, 0.3) is 5.57 Å². The number of halogens is 4. The van der Waals surface area contributed by atoms with Crippen molar-refractivity contribution >= 4 is 63.5 Å². The molecule has 2 rings (SSSR count). The van der Waals surface area contributed by atoms with Crippen molar-refractivity contribution < 1.29 is 23.5 Å². The van der Waals surface area contributed by atoms with E-state index in [1.54, 1.807) is 52.1 Å². The summed E-state index contributed by atoms with van der Waals surface area (Å²) < 4.78 is 32.1. The summed E-state index contributed by atoms with van der Waals surface area (Å²) in [6.45, 7) is 4.71. The third-order valence-electron chi connectivity index (χ3n) is 3.35. The predicted molar refractivity (Wildman–Crippen MR) is 120 cm³/mol. The minimum Gasteiger partial charge on any atom is -0.458 e. The fourth-order valence-corrected chi connectivity index (χ4v) is 2.42. The molecule has 29 heavy (non-hydrogen) atoms. The van der Waals surface area contributed by atoms with Crippen LogP contribution in [0, 0.1) is 5.82 Å². The van der Waals surface area contributed by atoms with Crippen LogP contribution in [0.15, 0.2) is 51.6 Å². The van der Waals surface area contributed by atoms with E-state index in [0.29, 0.717) is 21.6 Å². The van der Waals surface area contributed by atoms with E-state index in [9.17, 15) is 18.8 Å². The van der Waals surface area contributed by atoms with Crippen molar-refractivity contribution in [2.45, 2.75) is 15.2 Å². The molecular formula is C17H16F2I2N5O3+. The lowest BCUT2D eigenvalue weighted by Gasteiger charge is -2.10.